The fraction of sp³-hybridized carbons (Fsp3) is 0.310. The van der Waals surface area contributed by atoms with Crippen LogP contribution in [0.1, 0.15) is 32.8 Å². The predicted molar refractivity (Wildman–Crippen MR) is 163 cm³/mol. The van der Waals surface area contributed by atoms with Crippen LogP contribution in [0.3, 0.4) is 0 Å². The Morgan fingerprint density at radius 2 is 1.64 bits per heavy atom. The molecule has 2 amide bonds. The zero-order chi connectivity index (χ0) is 31.0. The van der Waals surface area contributed by atoms with Crippen molar-refractivity contribution in [3.63, 3.8) is 0 Å². The number of nitro benzene ring substituents is 1. The van der Waals surface area contributed by atoms with Gasteiger partial charge in [-0.15, -0.1) is 0 Å². The van der Waals surface area contributed by atoms with Gasteiger partial charge in [-0.2, -0.15) is 0 Å². The number of hydrogen-bond acceptors (Lipinski definition) is 6. The van der Waals surface area contributed by atoms with Crippen molar-refractivity contribution in [2.75, 3.05) is 17.4 Å². The van der Waals surface area contributed by atoms with Crippen LogP contribution < -0.4 is 9.62 Å². The van der Waals surface area contributed by atoms with E-state index in [1.165, 1.54) is 35.2 Å². The van der Waals surface area contributed by atoms with Gasteiger partial charge in [0.25, 0.3) is 15.7 Å². The Morgan fingerprint density at radius 1 is 1.00 bits per heavy atom. The highest BCUT2D eigenvalue weighted by atomic mass is 35.5. The minimum Gasteiger partial charge on any atom is -0.354 e. The standard InChI is InChI=1S/C29H32Cl2N4O6S/c1-4-27(29(37)32-17-20(2)3)33(18-21-10-11-22(30)16-26(21)31)28(36)19-34(23-12-14-24(15-13-23)35(38)39)42(40,41)25-8-6-5-7-9-25/h5-16,20,27H,4,17-19H2,1-3H3,(H,32,37). The van der Waals surface area contributed by atoms with Gasteiger partial charge in [0.1, 0.15) is 12.6 Å². The van der Waals surface area contributed by atoms with Crippen molar-refractivity contribution in [2.45, 2.75) is 44.7 Å². The van der Waals surface area contributed by atoms with E-state index in [0.717, 1.165) is 16.4 Å². The monoisotopic (exact) mass is 634 g/mol. The van der Waals surface area contributed by atoms with Crippen LogP contribution in [0.4, 0.5) is 11.4 Å². The maximum Gasteiger partial charge on any atom is 0.269 e. The molecule has 0 saturated carbocycles. The zero-order valence-electron chi connectivity index (χ0n) is 23.4. The summed E-state index contributed by atoms with van der Waals surface area (Å²) in [5, 5.41) is 14.7. The fourth-order valence-electron chi connectivity index (χ4n) is 4.16. The van der Waals surface area contributed by atoms with Crippen molar-refractivity contribution in [3.05, 3.63) is 98.5 Å². The first-order valence-electron chi connectivity index (χ1n) is 13.2. The SMILES string of the molecule is CCC(C(=O)NCC(C)C)N(Cc1ccc(Cl)cc1Cl)C(=O)CN(c1ccc([N+](=O)[O-])cc1)S(=O)(=O)c1ccccc1. The molecular weight excluding hydrogens is 603 g/mol. The second-order valence-electron chi connectivity index (χ2n) is 9.92. The third-order valence-electron chi connectivity index (χ3n) is 6.38. The van der Waals surface area contributed by atoms with Gasteiger partial charge in [0.05, 0.1) is 15.5 Å². The Hall–Kier alpha value is -3.67. The molecule has 1 unspecified atom stereocenters. The molecule has 3 rings (SSSR count). The van der Waals surface area contributed by atoms with Crippen molar-refractivity contribution in [3.8, 4) is 0 Å². The second kappa shape index (κ2) is 14.5. The number of carbonyl (C=O) groups is 2. The van der Waals surface area contributed by atoms with Gasteiger partial charge in [0.15, 0.2) is 0 Å². The fourth-order valence-corrected chi connectivity index (χ4v) is 6.07. The Labute approximate surface area is 255 Å². The molecule has 0 bridgehead atoms. The van der Waals surface area contributed by atoms with E-state index in [9.17, 15) is 28.1 Å². The molecule has 0 aliphatic rings. The molecule has 224 valence electrons. The number of halogens is 2. The molecule has 0 radical (unpaired) electrons. The number of sulfonamides is 1. The van der Waals surface area contributed by atoms with Gasteiger partial charge in [-0.3, -0.25) is 24.0 Å². The number of non-ortho nitro benzene ring substituents is 1. The quantitative estimate of drug-likeness (QED) is 0.190. The molecule has 10 nitrogen and oxygen atoms in total. The molecule has 1 atom stereocenters. The van der Waals surface area contributed by atoms with Crippen LogP contribution >= 0.6 is 23.2 Å². The number of benzene rings is 3. The number of anilines is 1. The van der Waals surface area contributed by atoms with Crippen LogP contribution in [0, 0.1) is 16.0 Å². The molecule has 0 spiro atoms. The summed E-state index contributed by atoms with van der Waals surface area (Å²) < 4.78 is 28.5. The second-order valence-corrected chi connectivity index (χ2v) is 12.6. The molecule has 0 aliphatic carbocycles. The predicted octanol–water partition coefficient (Wildman–Crippen LogP) is 5.68. The van der Waals surface area contributed by atoms with Crippen LogP contribution in [-0.4, -0.2) is 49.2 Å². The topological polar surface area (TPSA) is 130 Å². The highest BCUT2D eigenvalue weighted by molar-refractivity contribution is 7.92. The van der Waals surface area contributed by atoms with E-state index < -0.39 is 39.3 Å². The summed E-state index contributed by atoms with van der Waals surface area (Å²) in [6.45, 7) is 5.23. The highest BCUT2D eigenvalue weighted by Crippen LogP contribution is 2.28. The number of nitrogens with zero attached hydrogens (tertiary/aromatic N) is 3. The summed E-state index contributed by atoms with van der Waals surface area (Å²) >= 11 is 12.5. The molecule has 0 saturated heterocycles. The highest BCUT2D eigenvalue weighted by Gasteiger charge is 2.34. The Morgan fingerprint density at radius 3 is 2.19 bits per heavy atom. The first-order chi connectivity index (χ1) is 19.8. The van der Waals surface area contributed by atoms with Crippen LogP contribution in [-0.2, 0) is 26.2 Å². The minimum atomic E-state index is -4.30. The average Bonchev–Trinajstić information content (AvgIpc) is 2.96. The van der Waals surface area contributed by atoms with Crippen LogP contribution in [0.5, 0.6) is 0 Å². The third kappa shape index (κ3) is 8.21. The minimum absolute atomic E-state index is 0.0413. The lowest BCUT2D eigenvalue weighted by Gasteiger charge is -2.33. The molecule has 1 N–H and O–H groups in total. The van der Waals surface area contributed by atoms with Gasteiger partial charge in [-0.25, -0.2) is 8.42 Å². The third-order valence-corrected chi connectivity index (χ3v) is 8.76. The average molecular weight is 636 g/mol. The summed E-state index contributed by atoms with van der Waals surface area (Å²) in [6, 6.07) is 16.2. The van der Waals surface area contributed by atoms with Gasteiger partial charge < -0.3 is 10.2 Å². The van der Waals surface area contributed by atoms with E-state index in [0.29, 0.717) is 17.1 Å². The number of nitro groups is 1. The Balaban J connectivity index is 2.08. The lowest BCUT2D eigenvalue weighted by molar-refractivity contribution is -0.384. The van der Waals surface area contributed by atoms with Crippen molar-refractivity contribution in [2.24, 2.45) is 5.92 Å². The van der Waals surface area contributed by atoms with Crippen LogP contribution in [0.25, 0.3) is 0 Å². The van der Waals surface area contributed by atoms with Crippen LogP contribution in [0.15, 0.2) is 77.7 Å². The normalized spacial score (nSPS) is 12.0. The number of amides is 2. The zero-order valence-corrected chi connectivity index (χ0v) is 25.7. The lowest BCUT2D eigenvalue weighted by Crippen LogP contribution is -2.52. The van der Waals surface area contributed by atoms with Gasteiger partial charge >= 0.3 is 0 Å². The Bertz CT molecular complexity index is 1520. The molecule has 13 heteroatoms. The smallest absolute Gasteiger partial charge is 0.269 e. The molecule has 3 aromatic rings. The lowest BCUT2D eigenvalue weighted by atomic mass is 10.1. The van der Waals surface area contributed by atoms with Crippen molar-refractivity contribution >= 4 is 56.4 Å². The molecule has 0 fully saturated rings. The largest absolute Gasteiger partial charge is 0.354 e. The van der Waals surface area contributed by atoms with E-state index >= 15 is 0 Å². The maximum atomic E-state index is 14.1. The summed E-state index contributed by atoms with van der Waals surface area (Å²) in [4.78, 5) is 39.2. The summed E-state index contributed by atoms with van der Waals surface area (Å²) in [5.41, 5.74) is 0.311. The van der Waals surface area contributed by atoms with E-state index in [2.05, 4.69) is 5.32 Å². The number of hydrogen-bond donors (Lipinski definition) is 1. The molecule has 0 aliphatic heterocycles. The molecule has 0 aromatic heterocycles. The maximum absolute atomic E-state index is 14.1. The summed E-state index contributed by atoms with van der Waals surface area (Å²) in [5.74, 6) is -0.905. The molecular formula is C29H32Cl2N4O6S. The number of nitrogens with one attached hydrogen (secondary N) is 1. The van der Waals surface area contributed by atoms with Gasteiger partial charge in [0, 0.05) is 35.3 Å². The van der Waals surface area contributed by atoms with Crippen molar-refractivity contribution in [1.29, 1.82) is 0 Å². The number of carbonyl (C=O) groups excluding carboxylic acids is 2. The van der Waals surface area contributed by atoms with E-state index in [1.807, 2.05) is 13.8 Å². The van der Waals surface area contributed by atoms with E-state index in [4.69, 9.17) is 23.2 Å². The van der Waals surface area contributed by atoms with Gasteiger partial charge in [-0.05, 0) is 54.3 Å². The first-order valence-corrected chi connectivity index (χ1v) is 15.4. The first kappa shape index (κ1) is 32.8. The van der Waals surface area contributed by atoms with Crippen LogP contribution in [0.2, 0.25) is 10.0 Å². The van der Waals surface area contributed by atoms with Gasteiger partial charge in [0.2, 0.25) is 11.8 Å². The Kier molecular flexibility index (Phi) is 11.3. The molecule has 42 heavy (non-hydrogen) atoms. The molecule has 0 heterocycles. The van der Waals surface area contributed by atoms with Crippen molar-refractivity contribution < 1.29 is 22.9 Å². The van der Waals surface area contributed by atoms with Crippen molar-refractivity contribution in [1.82, 2.24) is 10.2 Å². The van der Waals surface area contributed by atoms with Gasteiger partial charge in [-0.1, -0.05) is 68.2 Å². The molecule has 3 aromatic carbocycles. The van der Waals surface area contributed by atoms with E-state index in [-0.39, 0.29) is 40.2 Å². The number of rotatable bonds is 13. The summed E-state index contributed by atoms with van der Waals surface area (Å²) in [7, 11) is -4.30. The van der Waals surface area contributed by atoms with E-state index in [1.54, 1.807) is 37.3 Å². The summed E-state index contributed by atoms with van der Waals surface area (Å²) in [6.07, 6.45) is 0.240.